The van der Waals surface area contributed by atoms with Gasteiger partial charge >= 0.3 is 127 Å². The van der Waals surface area contributed by atoms with Gasteiger partial charge in [-0.15, -0.1) is 0 Å². The van der Waals surface area contributed by atoms with Crippen LogP contribution < -0.4 is 36.2 Å². The molecule has 1 aromatic rings. The second kappa shape index (κ2) is 14.4. The van der Waals surface area contributed by atoms with Crippen molar-refractivity contribution in [2.75, 3.05) is 23.4 Å². The number of nitrogens with one attached hydrogen (secondary N) is 3. The summed E-state index contributed by atoms with van der Waals surface area (Å²) in [7, 11) is 0. The summed E-state index contributed by atoms with van der Waals surface area (Å²) >= 11 is 0.903. The summed E-state index contributed by atoms with van der Waals surface area (Å²) in [6, 6.07) is 5.05. The van der Waals surface area contributed by atoms with Gasteiger partial charge in [0, 0.05) is 12.8 Å². The Balaban J connectivity index is 2.59. The summed E-state index contributed by atoms with van der Waals surface area (Å²) < 4.78 is 1.11. The molecule has 0 aromatic heterocycles. The van der Waals surface area contributed by atoms with E-state index in [4.69, 9.17) is 0 Å². The second-order valence-electron chi connectivity index (χ2n) is 6.53. The van der Waals surface area contributed by atoms with Crippen molar-refractivity contribution in [2.24, 2.45) is 0 Å². The Labute approximate surface area is 195 Å². The van der Waals surface area contributed by atoms with Crippen molar-refractivity contribution >= 4 is 72.1 Å². The van der Waals surface area contributed by atoms with Crippen molar-refractivity contribution in [1.29, 1.82) is 0 Å². The minimum atomic E-state index is -1.50. The van der Waals surface area contributed by atoms with E-state index >= 15 is 0 Å². The number of rotatable bonds is 14. The molecule has 11 nitrogen and oxygen atoms in total. The van der Waals surface area contributed by atoms with E-state index in [1.807, 2.05) is 12.1 Å². The third kappa shape index (κ3) is 11.1. The van der Waals surface area contributed by atoms with Crippen molar-refractivity contribution in [3.8, 4) is 0 Å². The Kier molecular flexibility index (Phi) is 12.3. The van der Waals surface area contributed by atoms with Crippen LogP contribution in [0.15, 0.2) is 24.3 Å². The number of anilines is 1. The van der Waals surface area contributed by atoms with E-state index in [1.54, 1.807) is 12.1 Å². The van der Waals surface area contributed by atoms with Gasteiger partial charge in [0.05, 0.1) is 18.5 Å². The average molecular weight is 527 g/mol. The number of amides is 3. The molecule has 3 amide bonds. The molecule has 0 aliphatic carbocycles. The zero-order valence-electron chi connectivity index (χ0n) is 17.1. The Morgan fingerprint density at radius 2 is 1.75 bits per heavy atom. The SMILES string of the molecule is C=[As]c1ccc(NC(=O)CSCC(NC(=O)CCC([NH3+])C(=O)[O-])C(=O)NCC(=O)[O-])cc1. The zero-order valence-corrected chi connectivity index (χ0v) is 19.8. The zero-order chi connectivity index (χ0) is 24.1. The van der Waals surface area contributed by atoms with Crippen LogP contribution in [0, 0.1) is 0 Å². The molecule has 0 bridgehead atoms. The summed E-state index contributed by atoms with van der Waals surface area (Å²) in [6.07, 6.45) is -0.311. The fraction of sp³-hybridized carbons (Fsp3) is 0.368. The van der Waals surface area contributed by atoms with Gasteiger partial charge in [-0.25, -0.2) is 0 Å². The molecule has 0 aliphatic rings. The number of carbonyl (C=O) groups is 5. The first kappa shape index (κ1) is 27.3. The number of thioether (sulfide) groups is 1. The monoisotopic (exact) mass is 527 g/mol. The Morgan fingerprint density at radius 1 is 1.09 bits per heavy atom. The van der Waals surface area contributed by atoms with E-state index in [0.717, 1.165) is 16.1 Å². The predicted octanol–water partition coefficient (Wildman–Crippen LogP) is -5.39. The van der Waals surface area contributed by atoms with Crippen LogP contribution in [0.3, 0.4) is 0 Å². The number of hydrogen-bond acceptors (Lipinski definition) is 8. The summed E-state index contributed by atoms with van der Waals surface area (Å²) in [4.78, 5) is 57.6. The number of carboxylic acid groups (broad SMARTS) is 2. The number of carboxylic acids is 2. The maximum atomic E-state index is 12.2. The van der Waals surface area contributed by atoms with Gasteiger partial charge in [0.15, 0.2) is 0 Å². The Bertz CT molecular complexity index is 851. The first-order valence-corrected chi connectivity index (χ1v) is 12.8. The predicted molar refractivity (Wildman–Crippen MR) is 116 cm³/mol. The van der Waals surface area contributed by atoms with Gasteiger partial charge < -0.3 is 25.5 Å². The van der Waals surface area contributed by atoms with Crippen LogP contribution >= 0.6 is 11.8 Å². The third-order valence-corrected chi connectivity index (χ3v) is 6.39. The quantitative estimate of drug-likeness (QED) is 0.172. The number of benzene rings is 1. The Hall–Kier alpha value is -2.69. The minimum absolute atomic E-state index is 0.0173. The molecule has 6 N–H and O–H groups in total. The maximum absolute atomic E-state index is 12.2. The molecule has 32 heavy (non-hydrogen) atoms. The van der Waals surface area contributed by atoms with Crippen LogP contribution in [-0.2, 0) is 24.0 Å². The third-order valence-electron chi connectivity index (χ3n) is 3.96. The molecule has 1 aromatic carbocycles. The van der Waals surface area contributed by atoms with E-state index < -0.39 is 42.4 Å². The fourth-order valence-electron chi connectivity index (χ4n) is 2.27. The van der Waals surface area contributed by atoms with E-state index in [9.17, 15) is 34.2 Å². The molecular weight excluding hydrogens is 503 g/mol. The van der Waals surface area contributed by atoms with Crippen molar-refractivity contribution < 1.29 is 39.9 Å². The summed E-state index contributed by atoms with van der Waals surface area (Å²) in [6.45, 7) is -0.743. The molecule has 0 spiro atoms. The Morgan fingerprint density at radius 3 is 2.31 bits per heavy atom. The second-order valence-corrected chi connectivity index (χ2v) is 9.31. The van der Waals surface area contributed by atoms with E-state index in [1.165, 1.54) is 0 Å². The van der Waals surface area contributed by atoms with Crippen molar-refractivity contribution in [3.05, 3.63) is 24.3 Å². The van der Waals surface area contributed by atoms with Gasteiger partial charge in [0.2, 0.25) is 0 Å². The topological polar surface area (TPSA) is 195 Å². The molecule has 0 saturated heterocycles. The van der Waals surface area contributed by atoms with Crippen LogP contribution in [-0.4, -0.2) is 80.4 Å². The number of quaternary nitrogens is 1. The first-order chi connectivity index (χ1) is 15.1. The molecule has 0 saturated carbocycles. The van der Waals surface area contributed by atoms with Crippen molar-refractivity contribution in [2.45, 2.75) is 24.9 Å². The normalized spacial score (nSPS) is 12.4. The number of carbonyl (C=O) groups excluding carboxylic acids is 5. The fourth-order valence-corrected chi connectivity index (χ4v) is 3.87. The average Bonchev–Trinajstić information content (AvgIpc) is 2.75. The molecule has 2 atom stereocenters. The van der Waals surface area contributed by atoms with Crippen LogP contribution in [0.1, 0.15) is 12.8 Å². The van der Waals surface area contributed by atoms with Gasteiger partial charge in [-0.05, 0) is 0 Å². The van der Waals surface area contributed by atoms with Crippen molar-refractivity contribution in [1.82, 2.24) is 10.6 Å². The number of aliphatic carboxylic acids is 2. The molecular formula is C19H24AsN4O7S-. The van der Waals surface area contributed by atoms with Crippen LogP contribution in [0.25, 0.3) is 0 Å². The van der Waals surface area contributed by atoms with Gasteiger partial charge in [0.25, 0.3) is 0 Å². The van der Waals surface area contributed by atoms with Gasteiger partial charge in [-0.2, -0.15) is 0 Å². The van der Waals surface area contributed by atoms with Crippen LogP contribution in [0.5, 0.6) is 0 Å². The summed E-state index contributed by atoms with van der Waals surface area (Å²) in [5.41, 5.74) is 3.95. The summed E-state index contributed by atoms with van der Waals surface area (Å²) in [5.74, 6) is -4.65. The van der Waals surface area contributed by atoms with Crippen LogP contribution in [0.4, 0.5) is 5.69 Å². The van der Waals surface area contributed by atoms with E-state index in [2.05, 4.69) is 27.0 Å². The number of hydrogen-bond donors (Lipinski definition) is 4. The van der Waals surface area contributed by atoms with E-state index in [-0.39, 0.29) is 45.6 Å². The standard InChI is InChI=1S/C19H25AsN4O7S/c1-20-11-2-4-12(5-3-11)23-16(26)10-32-9-14(18(29)22-8-17(27)28)24-15(25)7-6-13(21)19(30)31/h2-5,13-14H,1,6-10,21H2,(H,22,29)(H,23,26)(H,24,25)(H,27,28)(H,30,31)/p-1. The first-order valence-electron chi connectivity index (χ1n) is 9.37. The van der Waals surface area contributed by atoms with Gasteiger partial charge in [0.1, 0.15) is 6.04 Å². The molecule has 13 heteroatoms. The molecule has 0 heterocycles. The summed E-state index contributed by atoms with van der Waals surface area (Å²) in [5, 5.41) is 32.3. The molecule has 1 rings (SSSR count). The van der Waals surface area contributed by atoms with Crippen LogP contribution in [0.2, 0.25) is 0 Å². The molecule has 0 radical (unpaired) electrons. The van der Waals surface area contributed by atoms with Crippen molar-refractivity contribution in [3.63, 3.8) is 0 Å². The molecule has 174 valence electrons. The molecule has 0 aliphatic heterocycles. The molecule has 0 fully saturated rings. The molecule has 2 unspecified atom stereocenters. The van der Waals surface area contributed by atoms with E-state index in [0.29, 0.717) is 5.69 Å². The van der Waals surface area contributed by atoms with Gasteiger partial charge in [-0.3, -0.25) is 4.79 Å². The van der Waals surface area contributed by atoms with Gasteiger partial charge in [-0.1, -0.05) is 0 Å².